The van der Waals surface area contributed by atoms with Crippen molar-refractivity contribution in [2.75, 3.05) is 19.9 Å². The molecule has 1 aromatic heterocycles. The van der Waals surface area contributed by atoms with Crippen molar-refractivity contribution in [2.45, 2.75) is 37.5 Å². The summed E-state index contributed by atoms with van der Waals surface area (Å²) in [5.41, 5.74) is 3.28. The van der Waals surface area contributed by atoms with Crippen LogP contribution in [0.4, 0.5) is 0 Å². The van der Waals surface area contributed by atoms with Gasteiger partial charge in [0.05, 0.1) is 17.9 Å². The number of fused-ring (bicyclic) bond motifs is 1. The fraction of sp³-hybridized carbons (Fsp3) is 0.375. The summed E-state index contributed by atoms with van der Waals surface area (Å²) in [6, 6.07) is 18.6. The van der Waals surface area contributed by atoms with E-state index in [0.29, 0.717) is 5.92 Å². The van der Waals surface area contributed by atoms with Crippen LogP contribution in [0, 0.1) is 0 Å². The van der Waals surface area contributed by atoms with E-state index in [9.17, 15) is 0 Å². The summed E-state index contributed by atoms with van der Waals surface area (Å²) in [7, 11) is 0. The Morgan fingerprint density at radius 1 is 0.867 bits per heavy atom. The van der Waals surface area contributed by atoms with Gasteiger partial charge in [-0.05, 0) is 36.1 Å². The van der Waals surface area contributed by atoms with Gasteiger partial charge in [-0.15, -0.1) is 0 Å². The number of hydrogen-bond donors (Lipinski definition) is 0. The standard InChI is InChI=1S/C24H24N2O4/c1-2-4-16(5-3-1)23-13-26(12-19-11-21(30-25-19)17-6-7-17)14-24(29-23)18-8-9-20-22(10-18)28-15-27-20/h1-5,8-11,17,23-24H,6-7,12-15H2/t23-,24+/m0/s1. The molecule has 6 rings (SSSR count). The van der Waals surface area contributed by atoms with E-state index < -0.39 is 0 Å². The predicted octanol–water partition coefficient (Wildman–Crippen LogP) is 4.60. The van der Waals surface area contributed by atoms with E-state index in [1.54, 1.807) is 0 Å². The zero-order chi connectivity index (χ0) is 19.9. The topological polar surface area (TPSA) is 57.0 Å². The predicted molar refractivity (Wildman–Crippen MR) is 109 cm³/mol. The second-order valence-electron chi connectivity index (χ2n) is 8.33. The Kier molecular flexibility index (Phi) is 4.47. The van der Waals surface area contributed by atoms with Gasteiger partial charge in [0.1, 0.15) is 5.76 Å². The maximum Gasteiger partial charge on any atom is 0.231 e. The molecule has 6 nitrogen and oxygen atoms in total. The fourth-order valence-electron chi connectivity index (χ4n) is 4.30. The van der Waals surface area contributed by atoms with E-state index in [4.69, 9.17) is 18.7 Å². The number of rotatable bonds is 5. The van der Waals surface area contributed by atoms with Crippen LogP contribution in [0.15, 0.2) is 59.1 Å². The van der Waals surface area contributed by atoms with Gasteiger partial charge in [0.2, 0.25) is 6.79 Å². The molecule has 30 heavy (non-hydrogen) atoms. The lowest BCUT2D eigenvalue weighted by Crippen LogP contribution is -2.39. The largest absolute Gasteiger partial charge is 0.454 e. The Hall–Kier alpha value is -2.83. The molecule has 2 aliphatic heterocycles. The highest BCUT2D eigenvalue weighted by molar-refractivity contribution is 5.45. The Morgan fingerprint density at radius 3 is 2.50 bits per heavy atom. The van der Waals surface area contributed by atoms with Crippen molar-refractivity contribution in [3.63, 3.8) is 0 Å². The first-order chi connectivity index (χ1) is 14.8. The molecule has 1 saturated carbocycles. The number of benzene rings is 2. The van der Waals surface area contributed by atoms with Gasteiger partial charge in [0.25, 0.3) is 0 Å². The van der Waals surface area contributed by atoms with Crippen molar-refractivity contribution in [3.05, 3.63) is 77.2 Å². The van der Waals surface area contributed by atoms with Crippen molar-refractivity contribution < 1.29 is 18.7 Å². The molecular weight excluding hydrogens is 380 g/mol. The highest BCUT2D eigenvalue weighted by Gasteiger charge is 2.32. The summed E-state index contributed by atoms with van der Waals surface area (Å²) < 4.78 is 23.2. The van der Waals surface area contributed by atoms with Gasteiger partial charge in [-0.2, -0.15) is 0 Å². The lowest BCUT2D eigenvalue weighted by atomic mass is 10.0. The normalized spacial score (nSPS) is 23.6. The average Bonchev–Trinajstić information content (AvgIpc) is 3.35. The van der Waals surface area contributed by atoms with Gasteiger partial charge < -0.3 is 18.7 Å². The lowest BCUT2D eigenvalue weighted by molar-refractivity contribution is -0.0926. The third-order valence-corrected chi connectivity index (χ3v) is 6.06. The molecule has 0 N–H and O–H groups in total. The van der Waals surface area contributed by atoms with E-state index in [1.807, 2.05) is 18.2 Å². The van der Waals surface area contributed by atoms with Crippen molar-refractivity contribution in [1.82, 2.24) is 10.1 Å². The zero-order valence-electron chi connectivity index (χ0n) is 16.7. The second-order valence-corrected chi connectivity index (χ2v) is 8.33. The van der Waals surface area contributed by atoms with Gasteiger partial charge in [0, 0.05) is 31.6 Å². The third-order valence-electron chi connectivity index (χ3n) is 6.06. The SMILES string of the molecule is c1ccc([C@@H]2CN(Cc3cc(C4CC4)on3)C[C@H](c3ccc4c(c3)OCO4)O2)cc1. The van der Waals surface area contributed by atoms with Crippen LogP contribution in [0.25, 0.3) is 0 Å². The lowest BCUT2D eigenvalue weighted by Gasteiger charge is -2.38. The highest BCUT2D eigenvalue weighted by atomic mass is 16.7. The van der Waals surface area contributed by atoms with Gasteiger partial charge >= 0.3 is 0 Å². The molecule has 0 spiro atoms. The molecule has 1 aliphatic carbocycles. The third kappa shape index (κ3) is 3.57. The molecule has 2 aromatic carbocycles. The maximum atomic E-state index is 6.56. The maximum absolute atomic E-state index is 6.56. The zero-order valence-corrected chi connectivity index (χ0v) is 16.7. The van der Waals surface area contributed by atoms with E-state index in [2.05, 4.69) is 46.5 Å². The first-order valence-corrected chi connectivity index (χ1v) is 10.6. The van der Waals surface area contributed by atoms with Gasteiger partial charge in [-0.25, -0.2) is 0 Å². The first-order valence-electron chi connectivity index (χ1n) is 10.6. The molecule has 0 unspecified atom stereocenters. The minimum absolute atomic E-state index is 0.00910. The van der Waals surface area contributed by atoms with Crippen LogP contribution < -0.4 is 9.47 Å². The van der Waals surface area contributed by atoms with Crippen molar-refractivity contribution in [3.8, 4) is 11.5 Å². The molecular formula is C24H24N2O4. The molecule has 0 amide bonds. The number of hydrogen-bond acceptors (Lipinski definition) is 6. The van der Waals surface area contributed by atoms with E-state index >= 15 is 0 Å². The van der Waals surface area contributed by atoms with E-state index in [0.717, 1.165) is 48.2 Å². The molecule has 3 aromatic rings. The number of morpholine rings is 1. The van der Waals surface area contributed by atoms with Crippen molar-refractivity contribution in [1.29, 1.82) is 0 Å². The molecule has 6 heteroatoms. The van der Waals surface area contributed by atoms with Crippen LogP contribution in [0.5, 0.6) is 11.5 Å². The smallest absolute Gasteiger partial charge is 0.231 e. The first kappa shape index (κ1) is 18.0. The minimum Gasteiger partial charge on any atom is -0.454 e. The Balaban J connectivity index is 1.26. The number of ether oxygens (including phenoxy) is 3. The van der Waals surface area contributed by atoms with Crippen molar-refractivity contribution >= 4 is 0 Å². The fourth-order valence-corrected chi connectivity index (χ4v) is 4.30. The summed E-state index contributed by atoms with van der Waals surface area (Å²) >= 11 is 0. The minimum atomic E-state index is -0.0618. The summed E-state index contributed by atoms with van der Waals surface area (Å²) in [5.74, 6) is 3.19. The van der Waals surface area contributed by atoms with Gasteiger partial charge in [0.15, 0.2) is 11.5 Å². The van der Waals surface area contributed by atoms with Gasteiger partial charge in [-0.1, -0.05) is 41.6 Å². The molecule has 3 aliphatic rings. The quantitative estimate of drug-likeness (QED) is 0.620. The number of aromatic nitrogens is 1. The van der Waals surface area contributed by atoms with Gasteiger partial charge in [-0.3, -0.25) is 4.90 Å². The molecule has 154 valence electrons. The van der Waals surface area contributed by atoms with Crippen LogP contribution in [0.3, 0.4) is 0 Å². The monoisotopic (exact) mass is 404 g/mol. The summed E-state index contributed by atoms with van der Waals surface area (Å²) in [5, 5.41) is 4.32. The molecule has 3 heterocycles. The van der Waals surface area contributed by atoms with Crippen LogP contribution in [-0.2, 0) is 11.3 Å². The summed E-state index contributed by atoms with van der Waals surface area (Å²) in [6.45, 7) is 2.63. The van der Waals surface area contributed by atoms with Crippen LogP contribution >= 0.6 is 0 Å². The van der Waals surface area contributed by atoms with E-state index in [-0.39, 0.29) is 19.0 Å². The van der Waals surface area contributed by atoms with Crippen LogP contribution in [0.2, 0.25) is 0 Å². The molecule has 0 radical (unpaired) electrons. The molecule has 2 fully saturated rings. The highest BCUT2D eigenvalue weighted by Crippen LogP contribution is 2.41. The number of nitrogens with zero attached hydrogens (tertiary/aromatic N) is 2. The molecule has 0 bridgehead atoms. The Bertz CT molecular complexity index is 1030. The second kappa shape index (κ2) is 7.45. The Morgan fingerprint density at radius 2 is 1.67 bits per heavy atom. The summed E-state index contributed by atoms with van der Waals surface area (Å²) in [4.78, 5) is 2.41. The van der Waals surface area contributed by atoms with E-state index in [1.165, 1.54) is 18.4 Å². The molecule has 2 atom stereocenters. The summed E-state index contributed by atoms with van der Waals surface area (Å²) in [6.07, 6.45) is 2.36. The van der Waals surface area contributed by atoms with Crippen LogP contribution in [0.1, 0.15) is 53.5 Å². The average molecular weight is 404 g/mol. The Labute approximate surface area is 175 Å². The van der Waals surface area contributed by atoms with Crippen LogP contribution in [-0.4, -0.2) is 29.9 Å². The molecule has 1 saturated heterocycles. The van der Waals surface area contributed by atoms with Crippen molar-refractivity contribution in [2.24, 2.45) is 0 Å².